The van der Waals surface area contributed by atoms with Crippen molar-refractivity contribution in [2.24, 2.45) is 5.73 Å². The number of benzene rings is 1. The second kappa shape index (κ2) is 6.77. The Balaban J connectivity index is 2.04. The number of hydrogen-bond donors (Lipinski definition) is 1. The quantitative estimate of drug-likeness (QED) is 0.877. The van der Waals surface area contributed by atoms with Gasteiger partial charge in [-0.15, -0.1) is 0 Å². The third-order valence-electron chi connectivity index (χ3n) is 3.97. The van der Waals surface area contributed by atoms with E-state index in [9.17, 15) is 8.42 Å². The van der Waals surface area contributed by atoms with Crippen molar-refractivity contribution >= 4 is 15.5 Å². The summed E-state index contributed by atoms with van der Waals surface area (Å²) in [6.45, 7) is 8.97. The Hall–Kier alpha value is -1.11. The van der Waals surface area contributed by atoms with Gasteiger partial charge in [-0.05, 0) is 38.1 Å². The van der Waals surface area contributed by atoms with Crippen LogP contribution >= 0.6 is 0 Å². The van der Waals surface area contributed by atoms with Crippen LogP contribution in [0.15, 0.2) is 29.2 Å². The molecule has 0 bridgehead atoms. The lowest BCUT2D eigenvalue weighted by Crippen LogP contribution is -2.47. The van der Waals surface area contributed by atoms with E-state index in [4.69, 9.17) is 5.73 Å². The number of nitrogens with zero attached hydrogens (tertiary/aromatic N) is 2. The Morgan fingerprint density at radius 1 is 1.10 bits per heavy atom. The SMILES string of the molecule is CC(C)S(=O)(=O)c1ccc(N2CCN(CCN)CC2)cc1. The molecule has 0 saturated carbocycles. The predicted molar refractivity (Wildman–Crippen MR) is 86.5 cm³/mol. The zero-order valence-corrected chi connectivity index (χ0v) is 13.6. The number of rotatable bonds is 5. The van der Waals surface area contributed by atoms with Crippen molar-refractivity contribution in [1.82, 2.24) is 4.90 Å². The van der Waals surface area contributed by atoms with E-state index in [0.717, 1.165) is 38.4 Å². The van der Waals surface area contributed by atoms with Gasteiger partial charge in [0.1, 0.15) is 0 Å². The number of sulfone groups is 1. The highest BCUT2D eigenvalue weighted by Crippen LogP contribution is 2.21. The summed E-state index contributed by atoms with van der Waals surface area (Å²) in [6, 6.07) is 7.26. The summed E-state index contributed by atoms with van der Waals surface area (Å²) in [5.74, 6) is 0. The van der Waals surface area contributed by atoms with Crippen LogP contribution in [0.2, 0.25) is 0 Å². The fourth-order valence-electron chi connectivity index (χ4n) is 2.53. The first-order chi connectivity index (χ1) is 9.95. The minimum Gasteiger partial charge on any atom is -0.369 e. The summed E-state index contributed by atoms with van der Waals surface area (Å²) in [5.41, 5.74) is 6.66. The van der Waals surface area contributed by atoms with E-state index in [1.165, 1.54) is 0 Å². The first-order valence-electron chi connectivity index (χ1n) is 7.46. The molecule has 1 saturated heterocycles. The molecule has 1 aromatic carbocycles. The minimum absolute atomic E-state index is 0.386. The van der Waals surface area contributed by atoms with Crippen molar-refractivity contribution in [2.75, 3.05) is 44.2 Å². The van der Waals surface area contributed by atoms with Crippen molar-refractivity contribution in [2.45, 2.75) is 24.0 Å². The van der Waals surface area contributed by atoms with Gasteiger partial charge in [-0.25, -0.2) is 8.42 Å². The largest absolute Gasteiger partial charge is 0.369 e. The van der Waals surface area contributed by atoms with Crippen molar-refractivity contribution in [3.05, 3.63) is 24.3 Å². The molecule has 0 aliphatic carbocycles. The second-order valence-corrected chi connectivity index (χ2v) is 8.21. The highest BCUT2D eigenvalue weighted by atomic mass is 32.2. The molecule has 0 radical (unpaired) electrons. The van der Waals surface area contributed by atoms with Crippen LogP contribution in [0, 0.1) is 0 Å². The number of anilines is 1. The van der Waals surface area contributed by atoms with E-state index in [2.05, 4.69) is 9.80 Å². The molecular formula is C15H25N3O2S. The molecule has 21 heavy (non-hydrogen) atoms. The highest BCUT2D eigenvalue weighted by Gasteiger charge is 2.20. The molecule has 5 nitrogen and oxygen atoms in total. The van der Waals surface area contributed by atoms with Crippen LogP contribution in [0.1, 0.15) is 13.8 Å². The van der Waals surface area contributed by atoms with Gasteiger partial charge >= 0.3 is 0 Å². The third kappa shape index (κ3) is 3.75. The smallest absolute Gasteiger partial charge is 0.180 e. The highest BCUT2D eigenvalue weighted by molar-refractivity contribution is 7.92. The van der Waals surface area contributed by atoms with Crippen LogP contribution in [0.3, 0.4) is 0 Å². The molecule has 1 aliphatic heterocycles. The molecule has 0 aromatic heterocycles. The van der Waals surface area contributed by atoms with E-state index in [1.807, 2.05) is 12.1 Å². The molecule has 118 valence electrons. The Labute approximate surface area is 127 Å². The summed E-state index contributed by atoms with van der Waals surface area (Å²) in [5, 5.41) is -0.386. The van der Waals surface area contributed by atoms with E-state index in [0.29, 0.717) is 11.4 Å². The minimum atomic E-state index is -3.18. The van der Waals surface area contributed by atoms with E-state index in [-0.39, 0.29) is 5.25 Å². The van der Waals surface area contributed by atoms with Gasteiger partial charge in [0.25, 0.3) is 0 Å². The standard InChI is InChI=1S/C15H25N3O2S/c1-13(2)21(19,20)15-5-3-14(4-6-15)18-11-9-17(8-7-16)10-12-18/h3-6,13H,7-12,16H2,1-2H3. The van der Waals surface area contributed by atoms with Crippen molar-refractivity contribution in [1.29, 1.82) is 0 Å². The van der Waals surface area contributed by atoms with E-state index < -0.39 is 9.84 Å². The van der Waals surface area contributed by atoms with Crippen LogP contribution in [0.4, 0.5) is 5.69 Å². The molecule has 0 amide bonds. The maximum atomic E-state index is 12.1. The van der Waals surface area contributed by atoms with Crippen molar-refractivity contribution < 1.29 is 8.42 Å². The summed E-state index contributed by atoms with van der Waals surface area (Å²) in [7, 11) is -3.18. The molecule has 0 unspecified atom stereocenters. The molecule has 1 fully saturated rings. The summed E-state index contributed by atoms with van der Waals surface area (Å²) < 4.78 is 24.2. The Morgan fingerprint density at radius 2 is 1.67 bits per heavy atom. The van der Waals surface area contributed by atoms with Gasteiger partial charge < -0.3 is 10.6 Å². The molecular weight excluding hydrogens is 286 g/mol. The molecule has 2 N–H and O–H groups in total. The lowest BCUT2D eigenvalue weighted by molar-refractivity contribution is 0.265. The Morgan fingerprint density at radius 3 is 2.14 bits per heavy atom. The van der Waals surface area contributed by atoms with Crippen molar-refractivity contribution in [3.63, 3.8) is 0 Å². The van der Waals surface area contributed by atoms with E-state index in [1.54, 1.807) is 26.0 Å². The van der Waals surface area contributed by atoms with Crippen LogP contribution in [-0.4, -0.2) is 57.8 Å². The zero-order valence-electron chi connectivity index (χ0n) is 12.8. The summed E-state index contributed by atoms with van der Waals surface area (Å²) >= 11 is 0. The van der Waals surface area contributed by atoms with Crippen LogP contribution in [0.25, 0.3) is 0 Å². The normalized spacial score (nSPS) is 17.4. The molecule has 1 aliphatic rings. The lowest BCUT2D eigenvalue weighted by Gasteiger charge is -2.36. The van der Waals surface area contributed by atoms with Crippen molar-refractivity contribution in [3.8, 4) is 0 Å². The fourth-order valence-corrected chi connectivity index (χ4v) is 3.59. The van der Waals surface area contributed by atoms with Crippen LogP contribution in [-0.2, 0) is 9.84 Å². The maximum Gasteiger partial charge on any atom is 0.180 e. The topological polar surface area (TPSA) is 66.6 Å². The predicted octanol–water partition coefficient (Wildman–Crippen LogP) is 0.949. The van der Waals surface area contributed by atoms with Crippen LogP contribution in [0.5, 0.6) is 0 Å². The lowest BCUT2D eigenvalue weighted by atomic mass is 10.2. The number of piperazine rings is 1. The summed E-state index contributed by atoms with van der Waals surface area (Å²) in [4.78, 5) is 5.05. The van der Waals surface area contributed by atoms with Gasteiger partial charge in [0.15, 0.2) is 9.84 Å². The summed E-state index contributed by atoms with van der Waals surface area (Å²) in [6.07, 6.45) is 0. The van der Waals surface area contributed by atoms with Gasteiger partial charge in [-0.1, -0.05) is 0 Å². The molecule has 0 spiro atoms. The Bertz CT molecular complexity index is 547. The van der Waals surface area contributed by atoms with Gasteiger partial charge in [-0.3, -0.25) is 4.90 Å². The average Bonchev–Trinajstić information content (AvgIpc) is 2.48. The Kier molecular flexibility index (Phi) is 5.24. The monoisotopic (exact) mass is 311 g/mol. The third-order valence-corrected chi connectivity index (χ3v) is 6.14. The molecule has 1 aromatic rings. The average molecular weight is 311 g/mol. The first-order valence-corrected chi connectivity index (χ1v) is 9.01. The first kappa shape index (κ1) is 16.3. The molecule has 0 atom stereocenters. The van der Waals surface area contributed by atoms with Crippen LogP contribution < -0.4 is 10.6 Å². The number of nitrogens with two attached hydrogens (primary N) is 1. The number of hydrogen-bond acceptors (Lipinski definition) is 5. The van der Waals surface area contributed by atoms with E-state index >= 15 is 0 Å². The van der Waals surface area contributed by atoms with Gasteiger partial charge in [-0.2, -0.15) is 0 Å². The zero-order chi connectivity index (χ0) is 15.5. The second-order valence-electron chi connectivity index (χ2n) is 5.71. The maximum absolute atomic E-state index is 12.1. The molecule has 2 rings (SSSR count). The molecule has 1 heterocycles. The van der Waals surface area contributed by atoms with Gasteiger partial charge in [0.2, 0.25) is 0 Å². The van der Waals surface area contributed by atoms with Gasteiger partial charge in [0.05, 0.1) is 10.1 Å². The molecule has 6 heteroatoms. The fraction of sp³-hybridized carbons (Fsp3) is 0.600. The van der Waals surface area contributed by atoms with Gasteiger partial charge in [0, 0.05) is 45.0 Å².